The van der Waals surface area contributed by atoms with Crippen LogP contribution in [0.3, 0.4) is 0 Å². The first kappa shape index (κ1) is 19.1. The molecule has 0 radical (unpaired) electrons. The SMILES string of the molecule is CCCn1c2nc(C34CCC(O)(CC3)CC4)nc-2c2n(c1=O)C[C@@H](C(C)CC)N2. The lowest BCUT2D eigenvalue weighted by Gasteiger charge is -2.49. The maximum atomic E-state index is 13.3. The summed E-state index contributed by atoms with van der Waals surface area (Å²) in [6, 6.07) is 0.256. The van der Waals surface area contributed by atoms with Gasteiger partial charge < -0.3 is 10.4 Å². The Morgan fingerprint density at radius 2 is 1.86 bits per heavy atom. The van der Waals surface area contributed by atoms with Gasteiger partial charge in [-0.05, 0) is 50.9 Å². The summed E-state index contributed by atoms with van der Waals surface area (Å²) < 4.78 is 3.71. The van der Waals surface area contributed by atoms with Crippen LogP contribution in [0.5, 0.6) is 0 Å². The Morgan fingerprint density at radius 1 is 1.17 bits per heavy atom. The third kappa shape index (κ3) is 2.76. The predicted octanol–water partition coefficient (Wildman–Crippen LogP) is 3.13. The predicted molar refractivity (Wildman–Crippen MR) is 112 cm³/mol. The molecule has 3 saturated carbocycles. The summed E-state index contributed by atoms with van der Waals surface area (Å²) in [6.07, 6.45) is 7.28. The molecular formula is C22H33N5O2. The summed E-state index contributed by atoms with van der Waals surface area (Å²) in [4.78, 5) is 23.3. The zero-order valence-electron chi connectivity index (χ0n) is 17.9. The number of nitrogens with zero attached hydrogens (tertiary/aromatic N) is 4. The van der Waals surface area contributed by atoms with E-state index in [9.17, 15) is 9.90 Å². The first-order chi connectivity index (χ1) is 13.9. The first-order valence-corrected chi connectivity index (χ1v) is 11.4. The van der Waals surface area contributed by atoms with Gasteiger partial charge in [-0.25, -0.2) is 14.8 Å². The summed E-state index contributed by atoms with van der Waals surface area (Å²) in [7, 11) is 0. The molecule has 2 N–H and O–H groups in total. The van der Waals surface area contributed by atoms with E-state index in [4.69, 9.17) is 9.97 Å². The summed E-state index contributed by atoms with van der Waals surface area (Å²) in [5.41, 5.74) is 0.362. The molecule has 3 fully saturated rings. The van der Waals surface area contributed by atoms with Gasteiger partial charge in [0, 0.05) is 24.5 Å². The van der Waals surface area contributed by atoms with E-state index >= 15 is 0 Å². The third-order valence-electron chi connectivity index (χ3n) is 8.01. The second-order valence-corrected chi connectivity index (χ2v) is 9.75. The molecule has 29 heavy (non-hydrogen) atoms. The van der Waals surface area contributed by atoms with E-state index in [0.717, 1.165) is 74.5 Å². The molecule has 7 heteroatoms. The number of hydrogen-bond donors (Lipinski definition) is 2. The molecule has 1 unspecified atom stereocenters. The van der Waals surface area contributed by atoms with Crippen molar-refractivity contribution < 1.29 is 5.11 Å². The molecule has 0 amide bonds. The average Bonchev–Trinajstić information content (AvgIpc) is 3.37. The molecular weight excluding hydrogens is 366 g/mol. The minimum absolute atomic E-state index is 0.0262. The molecule has 2 bridgehead atoms. The number of fused-ring (bicyclic) bond motifs is 6. The summed E-state index contributed by atoms with van der Waals surface area (Å²) in [5, 5.41) is 14.2. The van der Waals surface area contributed by atoms with Gasteiger partial charge in [0.05, 0.1) is 5.60 Å². The normalized spacial score (nSPS) is 31.8. The van der Waals surface area contributed by atoms with Crippen molar-refractivity contribution in [3.05, 3.63) is 16.3 Å². The summed E-state index contributed by atoms with van der Waals surface area (Å²) >= 11 is 0. The van der Waals surface area contributed by atoms with Gasteiger partial charge in [-0.1, -0.05) is 27.2 Å². The minimum Gasteiger partial charge on any atom is -0.390 e. The highest BCUT2D eigenvalue weighted by Crippen LogP contribution is 2.53. The summed E-state index contributed by atoms with van der Waals surface area (Å²) in [6.45, 7) is 7.88. The number of hydrogen-bond acceptors (Lipinski definition) is 5. The van der Waals surface area contributed by atoms with E-state index in [1.54, 1.807) is 0 Å². The van der Waals surface area contributed by atoms with Crippen molar-refractivity contribution in [3.63, 3.8) is 0 Å². The molecule has 3 heterocycles. The van der Waals surface area contributed by atoms with Gasteiger partial charge in [-0.2, -0.15) is 0 Å². The lowest BCUT2D eigenvalue weighted by atomic mass is 9.58. The number of imidazole rings is 1. The molecule has 0 aromatic heterocycles. The average molecular weight is 400 g/mol. The second-order valence-electron chi connectivity index (χ2n) is 9.75. The highest BCUT2D eigenvalue weighted by atomic mass is 16.3. The van der Waals surface area contributed by atoms with E-state index in [0.29, 0.717) is 19.0 Å². The van der Waals surface area contributed by atoms with Crippen molar-refractivity contribution in [3.8, 4) is 11.5 Å². The largest absolute Gasteiger partial charge is 0.390 e. The quantitative estimate of drug-likeness (QED) is 0.807. The molecule has 0 aromatic carbocycles. The highest BCUT2D eigenvalue weighted by molar-refractivity contribution is 5.70. The fraction of sp³-hybridized carbons (Fsp3) is 0.773. The Bertz CT molecular complexity index is 936. The fourth-order valence-electron chi connectivity index (χ4n) is 5.64. The highest BCUT2D eigenvalue weighted by Gasteiger charge is 2.51. The Kier molecular flexibility index (Phi) is 4.32. The monoisotopic (exact) mass is 399 g/mol. The number of nitrogens with one attached hydrogen (secondary N) is 1. The van der Waals surface area contributed by atoms with Gasteiger partial charge in [0.1, 0.15) is 17.3 Å². The lowest BCUT2D eigenvalue weighted by molar-refractivity contribution is -0.0677. The van der Waals surface area contributed by atoms with Crippen LogP contribution in [0.2, 0.25) is 0 Å². The van der Waals surface area contributed by atoms with Gasteiger partial charge in [0.2, 0.25) is 0 Å². The molecule has 0 saturated heterocycles. The number of anilines is 1. The standard InChI is InChI=1S/C22H33N5O2/c1-4-12-26-18-16(17-23-15(14(3)5-2)13-27(17)20(26)28)24-19(25-18)21-6-9-22(29,10-7-21)11-8-21/h14-15,23,29H,4-13H2,1-3H3/t14?,15-,21?,22?/m0/s1. The zero-order chi connectivity index (χ0) is 20.4. The van der Waals surface area contributed by atoms with Gasteiger partial charge in [-0.3, -0.25) is 9.13 Å². The molecule has 0 spiro atoms. The molecule has 0 aromatic rings. The minimum atomic E-state index is -0.472. The fourth-order valence-corrected chi connectivity index (χ4v) is 5.64. The first-order valence-electron chi connectivity index (χ1n) is 11.4. The third-order valence-corrected chi connectivity index (χ3v) is 8.01. The molecule has 6 rings (SSSR count). The van der Waals surface area contributed by atoms with Crippen LogP contribution in [0.4, 0.5) is 5.82 Å². The smallest absolute Gasteiger partial charge is 0.331 e. The Balaban J connectivity index is 1.63. The maximum absolute atomic E-state index is 13.3. The van der Waals surface area contributed by atoms with Crippen LogP contribution in [0, 0.1) is 5.92 Å². The van der Waals surface area contributed by atoms with Crippen LogP contribution in [0.15, 0.2) is 4.79 Å². The van der Waals surface area contributed by atoms with Crippen LogP contribution in [-0.2, 0) is 18.5 Å². The number of aromatic nitrogens is 4. The summed E-state index contributed by atoms with van der Waals surface area (Å²) in [5.74, 6) is 2.96. The molecule has 158 valence electrons. The van der Waals surface area contributed by atoms with Gasteiger partial charge in [-0.15, -0.1) is 0 Å². The van der Waals surface area contributed by atoms with Crippen LogP contribution < -0.4 is 11.0 Å². The molecule has 3 aliphatic carbocycles. The number of aliphatic hydroxyl groups is 1. The Hall–Kier alpha value is -1.89. The van der Waals surface area contributed by atoms with E-state index in [-0.39, 0.29) is 17.1 Å². The van der Waals surface area contributed by atoms with E-state index in [2.05, 4.69) is 26.1 Å². The number of rotatable bonds is 5. The van der Waals surface area contributed by atoms with Gasteiger partial charge >= 0.3 is 5.69 Å². The van der Waals surface area contributed by atoms with Gasteiger partial charge in [0.25, 0.3) is 0 Å². The van der Waals surface area contributed by atoms with E-state index < -0.39 is 5.60 Å². The maximum Gasteiger partial charge on any atom is 0.331 e. The van der Waals surface area contributed by atoms with Crippen molar-refractivity contribution in [2.45, 2.75) is 102 Å². The molecule has 3 aliphatic heterocycles. The van der Waals surface area contributed by atoms with Crippen molar-refractivity contribution in [2.24, 2.45) is 5.92 Å². The second kappa shape index (κ2) is 6.56. The van der Waals surface area contributed by atoms with Gasteiger partial charge in [0.15, 0.2) is 5.82 Å². The van der Waals surface area contributed by atoms with Crippen LogP contribution in [0.25, 0.3) is 11.5 Å². The van der Waals surface area contributed by atoms with Crippen LogP contribution in [-0.4, -0.2) is 35.9 Å². The van der Waals surface area contributed by atoms with Crippen molar-refractivity contribution in [2.75, 3.05) is 5.32 Å². The molecule has 6 aliphatic rings. The Labute approximate surface area is 171 Å². The topological polar surface area (TPSA) is 85.0 Å². The van der Waals surface area contributed by atoms with E-state index in [1.807, 2.05) is 9.13 Å². The van der Waals surface area contributed by atoms with Crippen molar-refractivity contribution >= 4 is 5.82 Å². The van der Waals surface area contributed by atoms with Crippen LogP contribution in [0.1, 0.15) is 78.0 Å². The lowest BCUT2D eigenvalue weighted by Crippen LogP contribution is -2.48. The molecule has 2 atom stereocenters. The van der Waals surface area contributed by atoms with Crippen molar-refractivity contribution in [1.82, 2.24) is 19.1 Å². The Morgan fingerprint density at radius 3 is 2.48 bits per heavy atom. The zero-order valence-corrected chi connectivity index (χ0v) is 17.9. The van der Waals surface area contributed by atoms with Crippen LogP contribution >= 0.6 is 0 Å². The van der Waals surface area contributed by atoms with Crippen molar-refractivity contribution in [1.29, 1.82) is 0 Å². The molecule has 7 nitrogen and oxygen atoms in total. The van der Waals surface area contributed by atoms with E-state index in [1.165, 1.54) is 0 Å².